The predicted molar refractivity (Wildman–Crippen MR) is 82.3 cm³/mol. The molecule has 2 nitrogen and oxygen atoms in total. The first-order valence-electron chi connectivity index (χ1n) is 6.57. The zero-order valence-electron chi connectivity index (χ0n) is 11.0. The van der Waals surface area contributed by atoms with E-state index in [4.69, 9.17) is 23.8 Å². The average Bonchev–Trinajstić information content (AvgIpc) is 2.43. The fourth-order valence-electron chi connectivity index (χ4n) is 2.42. The normalized spacial score (nSPS) is 16.2. The first-order valence-corrected chi connectivity index (χ1v) is 7.35. The third kappa shape index (κ3) is 3.80. The second-order valence-corrected chi connectivity index (χ2v) is 5.76. The first-order chi connectivity index (χ1) is 9.08. The number of rotatable bonds is 2. The van der Waals surface area contributed by atoms with Gasteiger partial charge < -0.3 is 10.2 Å². The van der Waals surface area contributed by atoms with E-state index in [0.717, 1.165) is 5.69 Å². The van der Waals surface area contributed by atoms with E-state index in [1.54, 1.807) is 12.1 Å². The number of nitrogens with zero attached hydrogens (tertiary/aromatic N) is 1. The number of anilines is 1. The molecule has 0 aliphatic heterocycles. The standard InChI is InChI=1S/C14H18ClFN2S/c1-18(11-5-3-2-4-6-11)14(19)17-10-7-8-13(16)12(15)9-10/h7-9,11H,2-6H2,1H3,(H,17,19). The van der Waals surface area contributed by atoms with Crippen LogP contribution in [-0.4, -0.2) is 23.1 Å². The Labute approximate surface area is 123 Å². The Bertz CT molecular complexity index is 461. The second kappa shape index (κ2) is 6.53. The lowest BCUT2D eigenvalue weighted by Gasteiger charge is -2.33. The molecule has 0 radical (unpaired) electrons. The summed E-state index contributed by atoms with van der Waals surface area (Å²) in [6, 6.07) is 5.04. The summed E-state index contributed by atoms with van der Waals surface area (Å²) >= 11 is 11.1. The van der Waals surface area contributed by atoms with Crippen LogP contribution in [0.1, 0.15) is 32.1 Å². The van der Waals surface area contributed by atoms with Crippen LogP contribution in [0.4, 0.5) is 10.1 Å². The number of benzene rings is 1. The van der Waals surface area contributed by atoms with Crippen LogP contribution < -0.4 is 5.32 Å². The molecule has 19 heavy (non-hydrogen) atoms. The third-order valence-corrected chi connectivity index (χ3v) is 4.29. The Balaban J connectivity index is 1.97. The summed E-state index contributed by atoms with van der Waals surface area (Å²) in [5.41, 5.74) is 0.721. The van der Waals surface area contributed by atoms with Crippen molar-refractivity contribution in [1.82, 2.24) is 4.90 Å². The minimum Gasteiger partial charge on any atom is -0.349 e. The molecule has 1 aromatic carbocycles. The van der Waals surface area contributed by atoms with E-state index in [1.165, 1.54) is 38.2 Å². The van der Waals surface area contributed by atoms with Crippen LogP contribution in [0.2, 0.25) is 5.02 Å². The summed E-state index contributed by atoms with van der Waals surface area (Å²) < 4.78 is 13.1. The summed E-state index contributed by atoms with van der Waals surface area (Å²) in [4.78, 5) is 2.10. The van der Waals surface area contributed by atoms with Crippen LogP contribution in [0.5, 0.6) is 0 Å². The molecular weight excluding hydrogens is 283 g/mol. The Morgan fingerprint density at radius 1 is 1.37 bits per heavy atom. The van der Waals surface area contributed by atoms with E-state index in [0.29, 0.717) is 11.2 Å². The van der Waals surface area contributed by atoms with Gasteiger partial charge in [-0.1, -0.05) is 30.9 Å². The van der Waals surface area contributed by atoms with Gasteiger partial charge in [-0.25, -0.2) is 4.39 Å². The molecule has 1 aromatic rings. The SMILES string of the molecule is CN(C(=S)Nc1ccc(F)c(Cl)c1)C1CCCCC1. The lowest BCUT2D eigenvalue weighted by molar-refractivity contribution is 0.281. The summed E-state index contributed by atoms with van der Waals surface area (Å²) in [5, 5.41) is 3.88. The van der Waals surface area contributed by atoms with Crippen molar-refractivity contribution in [2.24, 2.45) is 0 Å². The van der Waals surface area contributed by atoms with Gasteiger partial charge in [0.1, 0.15) is 5.82 Å². The largest absolute Gasteiger partial charge is 0.349 e. The molecule has 0 heterocycles. The maximum atomic E-state index is 13.1. The van der Waals surface area contributed by atoms with Gasteiger partial charge in [-0.05, 0) is 43.3 Å². The zero-order chi connectivity index (χ0) is 13.8. The van der Waals surface area contributed by atoms with E-state index < -0.39 is 5.82 Å². The van der Waals surface area contributed by atoms with Crippen molar-refractivity contribution in [3.8, 4) is 0 Å². The maximum Gasteiger partial charge on any atom is 0.173 e. The maximum absolute atomic E-state index is 13.1. The number of nitrogens with one attached hydrogen (secondary N) is 1. The van der Waals surface area contributed by atoms with E-state index in [9.17, 15) is 4.39 Å². The molecule has 0 saturated heterocycles. The molecule has 2 rings (SSSR count). The molecule has 5 heteroatoms. The number of hydrogen-bond donors (Lipinski definition) is 1. The van der Waals surface area contributed by atoms with Crippen molar-refractivity contribution in [3.05, 3.63) is 29.0 Å². The summed E-state index contributed by atoms with van der Waals surface area (Å²) in [6.07, 6.45) is 6.21. The smallest absolute Gasteiger partial charge is 0.173 e. The molecule has 104 valence electrons. The fourth-order valence-corrected chi connectivity index (χ4v) is 2.87. The van der Waals surface area contributed by atoms with Crippen molar-refractivity contribution in [2.75, 3.05) is 12.4 Å². The monoisotopic (exact) mass is 300 g/mol. The van der Waals surface area contributed by atoms with Crippen LogP contribution in [0.25, 0.3) is 0 Å². The van der Waals surface area contributed by atoms with E-state index >= 15 is 0 Å². The number of thiocarbonyl (C=S) groups is 1. The van der Waals surface area contributed by atoms with Crippen molar-refractivity contribution >= 4 is 34.6 Å². The predicted octanol–water partition coefficient (Wildman–Crippen LogP) is 4.44. The summed E-state index contributed by atoms with van der Waals surface area (Å²) in [6.45, 7) is 0. The quantitative estimate of drug-likeness (QED) is 0.813. The molecule has 1 aliphatic rings. The minimum absolute atomic E-state index is 0.105. The van der Waals surface area contributed by atoms with Gasteiger partial charge in [-0.3, -0.25) is 0 Å². The van der Waals surface area contributed by atoms with Gasteiger partial charge in [0.2, 0.25) is 0 Å². The molecule has 1 aliphatic carbocycles. The molecule has 0 amide bonds. The van der Waals surface area contributed by atoms with Crippen LogP contribution in [0.3, 0.4) is 0 Å². The Hall–Kier alpha value is -0.870. The van der Waals surface area contributed by atoms with Crippen LogP contribution in [0.15, 0.2) is 18.2 Å². The van der Waals surface area contributed by atoms with E-state index in [2.05, 4.69) is 10.2 Å². The van der Waals surface area contributed by atoms with Gasteiger partial charge in [0.25, 0.3) is 0 Å². The highest BCUT2D eigenvalue weighted by Gasteiger charge is 2.20. The number of halogens is 2. The highest BCUT2D eigenvalue weighted by molar-refractivity contribution is 7.80. The van der Waals surface area contributed by atoms with Crippen LogP contribution in [0, 0.1) is 5.82 Å². The van der Waals surface area contributed by atoms with Crippen molar-refractivity contribution in [2.45, 2.75) is 38.1 Å². The molecule has 0 aromatic heterocycles. The van der Waals surface area contributed by atoms with Gasteiger partial charge in [-0.2, -0.15) is 0 Å². The molecular formula is C14H18ClFN2S. The van der Waals surface area contributed by atoms with Crippen molar-refractivity contribution in [3.63, 3.8) is 0 Å². The van der Waals surface area contributed by atoms with Gasteiger partial charge in [0.15, 0.2) is 5.11 Å². The Morgan fingerprint density at radius 3 is 2.68 bits per heavy atom. The van der Waals surface area contributed by atoms with E-state index in [1.807, 2.05) is 7.05 Å². The topological polar surface area (TPSA) is 15.3 Å². The molecule has 0 bridgehead atoms. The second-order valence-electron chi connectivity index (χ2n) is 4.96. The zero-order valence-corrected chi connectivity index (χ0v) is 12.5. The lowest BCUT2D eigenvalue weighted by atomic mass is 9.95. The first kappa shape index (κ1) is 14.5. The Kier molecular flexibility index (Phi) is 4.99. The van der Waals surface area contributed by atoms with Crippen molar-refractivity contribution in [1.29, 1.82) is 0 Å². The number of hydrogen-bond acceptors (Lipinski definition) is 1. The Morgan fingerprint density at radius 2 is 2.05 bits per heavy atom. The van der Waals surface area contributed by atoms with E-state index in [-0.39, 0.29) is 5.02 Å². The highest BCUT2D eigenvalue weighted by Crippen LogP contribution is 2.23. The van der Waals surface area contributed by atoms with Crippen LogP contribution in [-0.2, 0) is 0 Å². The van der Waals surface area contributed by atoms with Gasteiger partial charge >= 0.3 is 0 Å². The lowest BCUT2D eigenvalue weighted by Crippen LogP contribution is -2.40. The van der Waals surface area contributed by atoms with Gasteiger partial charge in [-0.15, -0.1) is 0 Å². The molecule has 0 unspecified atom stereocenters. The van der Waals surface area contributed by atoms with Gasteiger partial charge in [0, 0.05) is 18.8 Å². The molecule has 0 atom stereocenters. The molecule has 1 saturated carbocycles. The van der Waals surface area contributed by atoms with Gasteiger partial charge in [0.05, 0.1) is 5.02 Å². The summed E-state index contributed by atoms with van der Waals surface area (Å²) in [7, 11) is 2.01. The minimum atomic E-state index is -0.418. The molecule has 0 spiro atoms. The summed E-state index contributed by atoms with van der Waals surface area (Å²) in [5.74, 6) is -0.418. The van der Waals surface area contributed by atoms with Crippen LogP contribution >= 0.6 is 23.8 Å². The average molecular weight is 301 g/mol. The van der Waals surface area contributed by atoms with Crippen molar-refractivity contribution < 1.29 is 4.39 Å². The molecule has 1 fully saturated rings. The molecule has 1 N–H and O–H groups in total. The fraction of sp³-hybridized carbons (Fsp3) is 0.500. The third-order valence-electron chi connectivity index (χ3n) is 3.61. The highest BCUT2D eigenvalue weighted by atomic mass is 35.5.